The van der Waals surface area contributed by atoms with Gasteiger partial charge in [-0.1, -0.05) is 30.3 Å². The summed E-state index contributed by atoms with van der Waals surface area (Å²) >= 11 is 0. The number of amides is 2. The number of carbonyl (C=O) groups excluding carboxylic acids is 2. The molecule has 1 saturated heterocycles. The van der Waals surface area contributed by atoms with Crippen molar-refractivity contribution in [1.82, 2.24) is 10.8 Å². The molecule has 25 heavy (non-hydrogen) atoms. The maximum atomic E-state index is 12.1. The van der Waals surface area contributed by atoms with E-state index < -0.39 is 30.4 Å². The van der Waals surface area contributed by atoms with E-state index in [1.807, 2.05) is 30.3 Å². The average Bonchev–Trinajstić information content (AvgIpc) is 2.64. The van der Waals surface area contributed by atoms with E-state index in [0.717, 1.165) is 18.4 Å². The molecule has 138 valence electrons. The van der Waals surface area contributed by atoms with Crippen molar-refractivity contribution in [3.63, 3.8) is 0 Å². The van der Waals surface area contributed by atoms with Gasteiger partial charge in [-0.3, -0.25) is 4.79 Å². The lowest BCUT2D eigenvalue weighted by atomic mass is 10.2. The van der Waals surface area contributed by atoms with Gasteiger partial charge in [0, 0.05) is 13.0 Å². The van der Waals surface area contributed by atoms with Crippen LogP contribution < -0.4 is 10.8 Å². The molecule has 0 radical (unpaired) electrons. The third-order valence-electron chi connectivity index (χ3n) is 3.68. The van der Waals surface area contributed by atoms with Gasteiger partial charge in [0.05, 0.1) is 6.10 Å². The molecule has 2 rings (SSSR count). The van der Waals surface area contributed by atoms with Gasteiger partial charge in [0.1, 0.15) is 12.6 Å². The molecule has 3 atom stereocenters. The molecule has 3 N–H and O–H groups in total. The molecule has 0 aromatic heterocycles. The van der Waals surface area contributed by atoms with Gasteiger partial charge < -0.3 is 19.9 Å². The van der Waals surface area contributed by atoms with Gasteiger partial charge in [0.25, 0.3) is 5.91 Å². The standard InChI is InChI=1S/C17H24N2O6/c1-12(20)15(16(21)19-25-14-9-5-6-10-23-14)18-17(22)24-11-13-7-3-2-4-8-13/h2-4,7-8,12,14-15,20H,5-6,9-11H2,1H3,(H,18,22)(H,19,21). The fraction of sp³-hybridized carbons (Fsp3) is 0.529. The van der Waals surface area contributed by atoms with E-state index in [2.05, 4.69) is 10.8 Å². The average molecular weight is 352 g/mol. The maximum Gasteiger partial charge on any atom is 0.408 e. The number of alkyl carbamates (subject to hydrolysis) is 1. The Labute approximate surface area is 146 Å². The molecular formula is C17H24N2O6. The van der Waals surface area contributed by atoms with Crippen LogP contribution in [-0.2, 0) is 25.7 Å². The highest BCUT2D eigenvalue weighted by atomic mass is 16.8. The Bertz CT molecular complexity index is 545. The number of benzene rings is 1. The van der Waals surface area contributed by atoms with Crippen LogP contribution in [0.25, 0.3) is 0 Å². The van der Waals surface area contributed by atoms with Crippen molar-refractivity contribution < 1.29 is 29.0 Å². The number of aliphatic hydroxyl groups is 1. The largest absolute Gasteiger partial charge is 0.445 e. The van der Waals surface area contributed by atoms with E-state index in [9.17, 15) is 14.7 Å². The number of carbonyl (C=O) groups is 2. The van der Waals surface area contributed by atoms with Crippen molar-refractivity contribution in [1.29, 1.82) is 0 Å². The second kappa shape index (κ2) is 9.97. The Morgan fingerprint density at radius 1 is 1.32 bits per heavy atom. The van der Waals surface area contributed by atoms with Crippen molar-refractivity contribution >= 4 is 12.0 Å². The summed E-state index contributed by atoms with van der Waals surface area (Å²) in [5.41, 5.74) is 3.03. The summed E-state index contributed by atoms with van der Waals surface area (Å²) in [6.07, 6.45) is 0.131. The summed E-state index contributed by atoms with van der Waals surface area (Å²) in [5, 5.41) is 12.1. The third kappa shape index (κ3) is 6.69. The topological polar surface area (TPSA) is 106 Å². The summed E-state index contributed by atoms with van der Waals surface area (Å²) in [6.45, 7) is 2.02. The Kier molecular flexibility index (Phi) is 7.65. The van der Waals surface area contributed by atoms with Crippen molar-refractivity contribution in [3.05, 3.63) is 35.9 Å². The number of hydrogen-bond donors (Lipinski definition) is 3. The van der Waals surface area contributed by atoms with Crippen LogP contribution in [-0.4, -0.2) is 42.1 Å². The molecule has 8 heteroatoms. The first-order chi connectivity index (χ1) is 12.1. The van der Waals surface area contributed by atoms with Crippen LogP contribution in [0, 0.1) is 0 Å². The SMILES string of the molecule is CC(O)C(NC(=O)OCc1ccccc1)C(=O)NOC1CCCCO1. The summed E-state index contributed by atoms with van der Waals surface area (Å²) in [6, 6.07) is 7.93. The van der Waals surface area contributed by atoms with Gasteiger partial charge in [-0.25, -0.2) is 15.1 Å². The minimum atomic E-state index is -1.20. The van der Waals surface area contributed by atoms with Crippen LogP contribution in [0.2, 0.25) is 0 Å². The Balaban J connectivity index is 1.78. The van der Waals surface area contributed by atoms with E-state index in [1.165, 1.54) is 6.92 Å². The summed E-state index contributed by atoms with van der Waals surface area (Å²) in [7, 11) is 0. The molecule has 0 spiro atoms. The van der Waals surface area contributed by atoms with Crippen LogP contribution >= 0.6 is 0 Å². The zero-order valence-electron chi connectivity index (χ0n) is 14.1. The molecule has 1 aliphatic rings. The molecular weight excluding hydrogens is 328 g/mol. The summed E-state index contributed by atoms with van der Waals surface area (Å²) in [5.74, 6) is -0.680. The third-order valence-corrected chi connectivity index (χ3v) is 3.68. The van der Waals surface area contributed by atoms with E-state index in [1.54, 1.807) is 0 Å². The van der Waals surface area contributed by atoms with Gasteiger partial charge >= 0.3 is 6.09 Å². The zero-order valence-corrected chi connectivity index (χ0v) is 14.1. The Hall–Kier alpha value is -2.16. The molecule has 0 aliphatic carbocycles. The van der Waals surface area contributed by atoms with Gasteiger partial charge in [0.15, 0.2) is 6.29 Å². The predicted octanol–water partition coefficient (Wildman–Crippen LogP) is 1.24. The van der Waals surface area contributed by atoms with Crippen LogP contribution in [0.5, 0.6) is 0 Å². The molecule has 2 amide bonds. The number of hydrogen-bond acceptors (Lipinski definition) is 6. The second-order valence-electron chi connectivity index (χ2n) is 5.80. The van der Waals surface area contributed by atoms with E-state index in [0.29, 0.717) is 13.0 Å². The Morgan fingerprint density at radius 3 is 2.72 bits per heavy atom. The molecule has 1 aromatic rings. The first kappa shape index (κ1) is 19.2. The van der Waals surface area contributed by atoms with Crippen molar-refractivity contribution in [2.24, 2.45) is 0 Å². The smallest absolute Gasteiger partial charge is 0.408 e. The lowest BCUT2D eigenvalue weighted by molar-refractivity contribution is -0.202. The molecule has 1 heterocycles. The molecule has 8 nitrogen and oxygen atoms in total. The van der Waals surface area contributed by atoms with Crippen LogP contribution in [0.4, 0.5) is 4.79 Å². The van der Waals surface area contributed by atoms with Crippen molar-refractivity contribution in [3.8, 4) is 0 Å². The van der Waals surface area contributed by atoms with Gasteiger partial charge in [-0.05, 0) is 25.3 Å². The predicted molar refractivity (Wildman–Crippen MR) is 88.1 cm³/mol. The highest BCUT2D eigenvalue weighted by Crippen LogP contribution is 2.12. The molecule has 1 aromatic carbocycles. The normalized spacial score (nSPS) is 19.5. The fourth-order valence-electron chi connectivity index (χ4n) is 2.29. The minimum absolute atomic E-state index is 0.0627. The first-order valence-corrected chi connectivity index (χ1v) is 8.28. The number of rotatable bonds is 7. The van der Waals surface area contributed by atoms with Crippen LogP contribution in [0.15, 0.2) is 30.3 Å². The second-order valence-corrected chi connectivity index (χ2v) is 5.80. The number of nitrogens with one attached hydrogen (secondary N) is 2. The lowest BCUT2D eigenvalue weighted by Gasteiger charge is -2.24. The minimum Gasteiger partial charge on any atom is -0.445 e. The van der Waals surface area contributed by atoms with Crippen LogP contribution in [0.1, 0.15) is 31.7 Å². The number of ether oxygens (including phenoxy) is 2. The van der Waals surface area contributed by atoms with E-state index >= 15 is 0 Å². The molecule has 0 saturated carbocycles. The Morgan fingerprint density at radius 2 is 2.08 bits per heavy atom. The quantitative estimate of drug-likeness (QED) is 0.638. The van der Waals surface area contributed by atoms with E-state index in [4.69, 9.17) is 14.3 Å². The first-order valence-electron chi connectivity index (χ1n) is 8.28. The number of aliphatic hydroxyl groups excluding tert-OH is 1. The van der Waals surface area contributed by atoms with Crippen molar-refractivity contribution in [2.75, 3.05) is 6.61 Å². The van der Waals surface area contributed by atoms with Gasteiger partial charge in [0.2, 0.25) is 0 Å². The van der Waals surface area contributed by atoms with Gasteiger partial charge in [-0.15, -0.1) is 0 Å². The van der Waals surface area contributed by atoms with Crippen molar-refractivity contribution in [2.45, 2.75) is 51.2 Å². The summed E-state index contributed by atoms with van der Waals surface area (Å²) in [4.78, 5) is 29.1. The highest BCUT2D eigenvalue weighted by Gasteiger charge is 2.27. The van der Waals surface area contributed by atoms with Gasteiger partial charge in [-0.2, -0.15) is 0 Å². The number of hydroxylamine groups is 1. The molecule has 3 unspecified atom stereocenters. The summed E-state index contributed by atoms with van der Waals surface area (Å²) < 4.78 is 10.4. The fourth-order valence-corrected chi connectivity index (χ4v) is 2.29. The maximum absolute atomic E-state index is 12.1. The molecule has 1 aliphatic heterocycles. The highest BCUT2D eigenvalue weighted by molar-refractivity contribution is 5.85. The molecule has 1 fully saturated rings. The zero-order chi connectivity index (χ0) is 18.1. The monoisotopic (exact) mass is 352 g/mol. The lowest BCUT2D eigenvalue weighted by Crippen LogP contribution is -2.53. The van der Waals surface area contributed by atoms with E-state index in [-0.39, 0.29) is 6.61 Å². The molecule has 0 bridgehead atoms. The van der Waals surface area contributed by atoms with Crippen LogP contribution in [0.3, 0.4) is 0 Å².